The fourth-order valence-electron chi connectivity index (χ4n) is 3.52. The Balaban J connectivity index is 1.55. The molecule has 0 unspecified atom stereocenters. The summed E-state index contributed by atoms with van der Waals surface area (Å²) in [6.07, 6.45) is 3.11. The zero-order valence-corrected chi connectivity index (χ0v) is 17.8. The molecule has 0 aliphatic carbocycles. The van der Waals surface area contributed by atoms with Crippen LogP contribution in [-0.2, 0) is 14.3 Å². The van der Waals surface area contributed by atoms with Gasteiger partial charge >= 0.3 is 5.97 Å². The van der Waals surface area contributed by atoms with E-state index in [1.54, 1.807) is 42.4 Å². The number of methoxy groups -OCH3 is 1. The summed E-state index contributed by atoms with van der Waals surface area (Å²) in [5.74, 6) is 1.06. The molecular weight excluding hydrogens is 396 g/mol. The first-order valence-electron chi connectivity index (χ1n) is 10.2. The van der Waals surface area contributed by atoms with Crippen molar-refractivity contribution in [1.29, 1.82) is 0 Å². The molecule has 7 heteroatoms. The smallest absolute Gasteiger partial charge is 0.363 e. The second kappa shape index (κ2) is 8.63. The number of hydrogen-bond donors (Lipinski definition) is 0. The van der Waals surface area contributed by atoms with Crippen LogP contribution in [0.1, 0.15) is 37.8 Å². The summed E-state index contributed by atoms with van der Waals surface area (Å²) in [5.41, 5.74) is 2.45. The molecule has 1 amide bonds. The van der Waals surface area contributed by atoms with Crippen LogP contribution in [0.15, 0.2) is 53.2 Å². The van der Waals surface area contributed by atoms with Crippen molar-refractivity contribution in [2.75, 3.05) is 18.6 Å². The Hall–Kier alpha value is -3.61. The van der Waals surface area contributed by atoms with E-state index in [0.29, 0.717) is 23.5 Å². The van der Waals surface area contributed by atoms with E-state index < -0.39 is 5.97 Å². The number of aliphatic imine (C=N–C) groups is 1. The summed E-state index contributed by atoms with van der Waals surface area (Å²) < 4.78 is 16.5. The van der Waals surface area contributed by atoms with Gasteiger partial charge < -0.3 is 19.1 Å². The van der Waals surface area contributed by atoms with E-state index in [0.717, 1.165) is 24.2 Å². The number of carbonyl (C=O) groups is 2. The van der Waals surface area contributed by atoms with Gasteiger partial charge in [-0.2, -0.15) is 0 Å². The van der Waals surface area contributed by atoms with Gasteiger partial charge in [0.1, 0.15) is 0 Å². The van der Waals surface area contributed by atoms with Crippen LogP contribution in [0.3, 0.4) is 0 Å². The average molecular weight is 420 g/mol. The lowest BCUT2D eigenvalue weighted by atomic mass is 10.1. The summed E-state index contributed by atoms with van der Waals surface area (Å²) in [4.78, 5) is 30.4. The van der Waals surface area contributed by atoms with Crippen LogP contribution in [-0.4, -0.2) is 37.5 Å². The SMILES string of the molecule is COc1cc(/C=C2\N=C(c3ccc(N4CCCC4=O)cc3)OC2=O)ccc1OC(C)C. The zero-order valence-electron chi connectivity index (χ0n) is 17.8. The van der Waals surface area contributed by atoms with Crippen LogP contribution in [0.5, 0.6) is 11.5 Å². The van der Waals surface area contributed by atoms with E-state index in [4.69, 9.17) is 14.2 Å². The highest BCUT2D eigenvalue weighted by molar-refractivity contribution is 6.13. The number of amides is 1. The molecule has 0 saturated carbocycles. The largest absolute Gasteiger partial charge is 0.493 e. The van der Waals surface area contributed by atoms with Crippen molar-refractivity contribution < 1.29 is 23.8 Å². The summed E-state index contributed by atoms with van der Waals surface area (Å²) in [7, 11) is 1.57. The maximum Gasteiger partial charge on any atom is 0.363 e. The molecule has 1 saturated heterocycles. The number of esters is 1. The normalized spacial score (nSPS) is 17.4. The molecule has 2 aliphatic rings. The van der Waals surface area contributed by atoms with Crippen LogP contribution >= 0.6 is 0 Å². The summed E-state index contributed by atoms with van der Waals surface area (Å²) in [5, 5.41) is 0. The van der Waals surface area contributed by atoms with Crippen molar-refractivity contribution in [3.8, 4) is 11.5 Å². The molecule has 0 aromatic heterocycles. The van der Waals surface area contributed by atoms with E-state index in [1.807, 2.05) is 32.0 Å². The second-order valence-electron chi connectivity index (χ2n) is 7.61. The van der Waals surface area contributed by atoms with Gasteiger partial charge in [0.15, 0.2) is 17.2 Å². The molecule has 7 nitrogen and oxygen atoms in total. The quantitative estimate of drug-likeness (QED) is 0.522. The van der Waals surface area contributed by atoms with E-state index >= 15 is 0 Å². The lowest BCUT2D eigenvalue weighted by Gasteiger charge is -2.15. The lowest BCUT2D eigenvalue weighted by Crippen LogP contribution is -2.23. The third kappa shape index (κ3) is 4.45. The fourth-order valence-corrected chi connectivity index (χ4v) is 3.52. The first-order valence-corrected chi connectivity index (χ1v) is 10.2. The minimum absolute atomic E-state index is 0.0186. The Morgan fingerprint density at radius 1 is 1.10 bits per heavy atom. The molecule has 2 aliphatic heterocycles. The third-order valence-corrected chi connectivity index (χ3v) is 4.97. The Morgan fingerprint density at radius 2 is 1.87 bits per heavy atom. The lowest BCUT2D eigenvalue weighted by molar-refractivity contribution is -0.130. The van der Waals surface area contributed by atoms with Crippen molar-refractivity contribution in [2.45, 2.75) is 32.8 Å². The third-order valence-electron chi connectivity index (χ3n) is 4.97. The van der Waals surface area contributed by atoms with Crippen LogP contribution in [0.4, 0.5) is 5.69 Å². The van der Waals surface area contributed by atoms with Crippen molar-refractivity contribution in [2.24, 2.45) is 4.99 Å². The number of hydrogen-bond acceptors (Lipinski definition) is 6. The molecule has 31 heavy (non-hydrogen) atoms. The maximum absolute atomic E-state index is 12.3. The zero-order chi connectivity index (χ0) is 22.0. The van der Waals surface area contributed by atoms with Gasteiger partial charge in [0.2, 0.25) is 11.8 Å². The van der Waals surface area contributed by atoms with Crippen LogP contribution < -0.4 is 14.4 Å². The molecule has 0 spiro atoms. The van der Waals surface area contributed by atoms with E-state index in [9.17, 15) is 9.59 Å². The van der Waals surface area contributed by atoms with E-state index in [2.05, 4.69) is 4.99 Å². The molecule has 0 N–H and O–H groups in total. The van der Waals surface area contributed by atoms with Gasteiger partial charge in [-0.3, -0.25) is 4.79 Å². The molecule has 0 atom stereocenters. The predicted octanol–water partition coefficient (Wildman–Crippen LogP) is 3.95. The Kier molecular flexibility index (Phi) is 5.75. The Bertz CT molecular complexity index is 1070. The van der Waals surface area contributed by atoms with Crippen molar-refractivity contribution in [3.05, 3.63) is 59.3 Å². The standard InChI is InChI=1S/C24H24N2O5/c1-15(2)30-20-11-6-16(14-21(20)29-3)13-19-24(28)31-23(25-19)17-7-9-18(10-8-17)26-12-4-5-22(26)27/h6-11,13-15H,4-5,12H2,1-3H3/b19-13-. The highest BCUT2D eigenvalue weighted by atomic mass is 16.6. The van der Waals surface area contributed by atoms with Gasteiger partial charge in [-0.15, -0.1) is 0 Å². The van der Waals surface area contributed by atoms with Gasteiger partial charge in [-0.25, -0.2) is 9.79 Å². The molecule has 2 aromatic rings. The molecule has 0 bridgehead atoms. The van der Waals surface area contributed by atoms with Gasteiger partial charge in [0.25, 0.3) is 0 Å². The number of ether oxygens (including phenoxy) is 3. The molecule has 2 aromatic carbocycles. The Morgan fingerprint density at radius 3 is 2.52 bits per heavy atom. The van der Waals surface area contributed by atoms with Crippen LogP contribution in [0, 0.1) is 0 Å². The van der Waals surface area contributed by atoms with Crippen molar-refractivity contribution >= 4 is 29.5 Å². The van der Waals surface area contributed by atoms with E-state index in [-0.39, 0.29) is 23.6 Å². The minimum Gasteiger partial charge on any atom is -0.493 e. The molecule has 1 fully saturated rings. The van der Waals surface area contributed by atoms with Crippen molar-refractivity contribution in [3.63, 3.8) is 0 Å². The second-order valence-corrected chi connectivity index (χ2v) is 7.61. The fraction of sp³-hybridized carbons (Fsp3) is 0.292. The first kappa shape index (κ1) is 20.7. The van der Waals surface area contributed by atoms with Gasteiger partial charge in [0, 0.05) is 24.2 Å². The number of benzene rings is 2. The minimum atomic E-state index is -0.518. The summed E-state index contributed by atoms with van der Waals surface area (Å²) in [6.45, 7) is 4.61. The van der Waals surface area contributed by atoms with Gasteiger partial charge in [-0.1, -0.05) is 6.07 Å². The number of anilines is 1. The highest BCUT2D eigenvalue weighted by Gasteiger charge is 2.25. The van der Waals surface area contributed by atoms with Crippen LogP contribution in [0.2, 0.25) is 0 Å². The monoisotopic (exact) mass is 420 g/mol. The molecule has 4 rings (SSSR count). The molecule has 0 radical (unpaired) electrons. The first-order chi connectivity index (χ1) is 14.9. The molecule has 160 valence electrons. The number of carbonyl (C=O) groups excluding carboxylic acids is 2. The summed E-state index contributed by atoms with van der Waals surface area (Å²) in [6, 6.07) is 12.7. The number of rotatable bonds is 6. The van der Waals surface area contributed by atoms with E-state index in [1.165, 1.54) is 0 Å². The average Bonchev–Trinajstić information content (AvgIpc) is 3.34. The number of cyclic esters (lactones) is 1. The molecule has 2 heterocycles. The molecular formula is C24H24N2O5. The highest BCUT2D eigenvalue weighted by Crippen LogP contribution is 2.31. The van der Waals surface area contributed by atoms with Gasteiger partial charge in [-0.05, 0) is 68.3 Å². The van der Waals surface area contributed by atoms with Gasteiger partial charge in [0.05, 0.1) is 13.2 Å². The maximum atomic E-state index is 12.3. The van der Waals surface area contributed by atoms with Crippen LogP contribution in [0.25, 0.3) is 6.08 Å². The topological polar surface area (TPSA) is 77.4 Å². The Labute approximate surface area is 180 Å². The predicted molar refractivity (Wildman–Crippen MR) is 117 cm³/mol. The summed E-state index contributed by atoms with van der Waals surface area (Å²) >= 11 is 0. The number of nitrogens with zero attached hydrogens (tertiary/aromatic N) is 2. The van der Waals surface area contributed by atoms with Crippen molar-refractivity contribution in [1.82, 2.24) is 0 Å².